The maximum atomic E-state index is 8.55. The van der Waals surface area contributed by atoms with E-state index in [2.05, 4.69) is 24.3 Å². The number of benzene rings is 2. The van der Waals surface area contributed by atoms with Crippen LogP contribution < -0.4 is 4.74 Å². The summed E-state index contributed by atoms with van der Waals surface area (Å²) in [4.78, 5) is 0. The number of fused-ring (bicyclic) bond motifs is 1. The van der Waals surface area contributed by atoms with Gasteiger partial charge in [-0.05, 0) is 24.8 Å². The van der Waals surface area contributed by atoms with Gasteiger partial charge in [-0.15, -0.1) is 0 Å². The van der Waals surface area contributed by atoms with Crippen LogP contribution in [0.4, 0.5) is 0 Å². The maximum Gasteiger partial charge on any atom is 0.127 e. The zero-order valence-corrected chi connectivity index (χ0v) is 9.89. The normalized spacial score (nSPS) is 12.0. The number of hydrogen-bond donors (Lipinski definition) is 0. The van der Waals surface area contributed by atoms with Crippen molar-refractivity contribution in [1.82, 2.24) is 0 Å². The molecule has 2 heteroatoms. The summed E-state index contributed by atoms with van der Waals surface area (Å²) in [7, 11) is 0. The summed E-state index contributed by atoms with van der Waals surface area (Å²) in [6.45, 7) is 2.00. The van der Waals surface area contributed by atoms with Crippen molar-refractivity contribution in [3.05, 3.63) is 42.5 Å². The Balaban J connectivity index is 2.21. The van der Waals surface area contributed by atoms with Crippen LogP contribution in [0.5, 0.6) is 5.75 Å². The molecule has 0 fully saturated rings. The van der Waals surface area contributed by atoms with Gasteiger partial charge in [0.1, 0.15) is 5.75 Å². The molecule has 0 radical (unpaired) electrons. The fourth-order valence-corrected chi connectivity index (χ4v) is 1.84. The molecule has 0 amide bonds. The maximum absolute atomic E-state index is 8.55. The van der Waals surface area contributed by atoms with Gasteiger partial charge in [0.05, 0.1) is 12.2 Å². The van der Waals surface area contributed by atoms with Gasteiger partial charge in [0.2, 0.25) is 0 Å². The summed E-state index contributed by atoms with van der Waals surface area (Å²) in [5.74, 6) is 0.897. The van der Waals surface area contributed by atoms with Crippen molar-refractivity contribution in [3.63, 3.8) is 0 Å². The Morgan fingerprint density at radius 2 is 1.94 bits per heavy atom. The second-order valence-electron chi connectivity index (χ2n) is 4.10. The third kappa shape index (κ3) is 2.76. The van der Waals surface area contributed by atoms with Crippen molar-refractivity contribution < 1.29 is 4.74 Å². The first kappa shape index (κ1) is 11.5. The minimum Gasteiger partial charge on any atom is -0.490 e. The van der Waals surface area contributed by atoms with Crippen molar-refractivity contribution in [2.24, 2.45) is 0 Å². The van der Waals surface area contributed by atoms with Crippen molar-refractivity contribution in [2.75, 3.05) is 0 Å². The van der Waals surface area contributed by atoms with Crippen molar-refractivity contribution >= 4 is 10.8 Å². The summed E-state index contributed by atoms with van der Waals surface area (Å²) in [6.07, 6.45) is 1.37. The summed E-state index contributed by atoms with van der Waals surface area (Å²) < 4.78 is 5.88. The molecule has 0 aliphatic carbocycles. The van der Waals surface area contributed by atoms with Crippen LogP contribution in [0.1, 0.15) is 19.8 Å². The highest BCUT2D eigenvalue weighted by Crippen LogP contribution is 2.26. The molecule has 1 unspecified atom stereocenters. The SMILES string of the molecule is CC(CCC#N)Oc1cccc2ccccc12. The second-order valence-corrected chi connectivity index (χ2v) is 4.10. The van der Waals surface area contributed by atoms with Crippen LogP contribution in [0, 0.1) is 11.3 Å². The molecule has 0 spiro atoms. The Labute approximate surface area is 101 Å². The number of nitriles is 1. The zero-order valence-electron chi connectivity index (χ0n) is 9.89. The van der Waals surface area contributed by atoms with E-state index in [1.54, 1.807) is 0 Å². The summed E-state index contributed by atoms with van der Waals surface area (Å²) >= 11 is 0. The molecule has 0 bridgehead atoms. The fourth-order valence-electron chi connectivity index (χ4n) is 1.84. The van der Waals surface area contributed by atoms with E-state index in [-0.39, 0.29) is 6.10 Å². The Hall–Kier alpha value is -2.01. The van der Waals surface area contributed by atoms with E-state index in [0.717, 1.165) is 17.6 Å². The van der Waals surface area contributed by atoms with Gasteiger partial charge in [-0.1, -0.05) is 36.4 Å². The fraction of sp³-hybridized carbons (Fsp3) is 0.267. The summed E-state index contributed by atoms with van der Waals surface area (Å²) in [6, 6.07) is 16.3. The monoisotopic (exact) mass is 225 g/mol. The van der Waals surface area contributed by atoms with Gasteiger partial charge in [0, 0.05) is 11.8 Å². The van der Waals surface area contributed by atoms with E-state index in [4.69, 9.17) is 10.00 Å². The van der Waals surface area contributed by atoms with E-state index in [1.165, 1.54) is 5.39 Å². The quantitative estimate of drug-likeness (QED) is 0.790. The van der Waals surface area contributed by atoms with Crippen LogP contribution in [0.15, 0.2) is 42.5 Å². The van der Waals surface area contributed by atoms with Gasteiger partial charge >= 0.3 is 0 Å². The van der Waals surface area contributed by atoms with E-state index < -0.39 is 0 Å². The first-order valence-corrected chi connectivity index (χ1v) is 5.82. The van der Waals surface area contributed by atoms with Crippen molar-refractivity contribution in [2.45, 2.75) is 25.9 Å². The highest BCUT2D eigenvalue weighted by molar-refractivity contribution is 5.88. The highest BCUT2D eigenvalue weighted by atomic mass is 16.5. The molecule has 86 valence electrons. The lowest BCUT2D eigenvalue weighted by Crippen LogP contribution is -2.11. The molecule has 17 heavy (non-hydrogen) atoms. The molecular weight excluding hydrogens is 210 g/mol. The number of rotatable bonds is 4. The lowest BCUT2D eigenvalue weighted by atomic mass is 10.1. The average Bonchev–Trinajstić information content (AvgIpc) is 2.37. The first-order chi connectivity index (χ1) is 8.31. The predicted octanol–water partition coefficient (Wildman–Crippen LogP) is 3.91. The lowest BCUT2D eigenvalue weighted by Gasteiger charge is -2.15. The largest absolute Gasteiger partial charge is 0.490 e. The van der Waals surface area contributed by atoms with Gasteiger partial charge < -0.3 is 4.74 Å². The number of hydrogen-bond acceptors (Lipinski definition) is 2. The Morgan fingerprint density at radius 3 is 2.76 bits per heavy atom. The molecule has 0 aromatic heterocycles. The van der Waals surface area contributed by atoms with Crippen LogP contribution in [0.3, 0.4) is 0 Å². The van der Waals surface area contributed by atoms with Crippen molar-refractivity contribution in [1.29, 1.82) is 5.26 Å². The molecule has 0 N–H and O–H groups in total. The van der Waals surface area contributed by atoms with Gasteiger partial charge in [-0.3, -0.25) is 0 Å². The Kier molecular flexibility index (Phi) is 3.62. The second kappa shape index (κ2) is 5.36. The van der Waals surface area contributed by atoms with Gasteiger partial charge in [0.15, 0.2) is 0 Å². The van der Waals surface area contributed by atoms with Crippen LogP contribution >= 0.6 is 0 Å². The topological polar surface area (TPSA) is 33.0 Å². The molecule has 0 aliphatic rings. The van der Waals surface area contributed by atoms with Crippen LogP contribution in [-0.4, -0.2) is 6.10 Å². The molecule has 2 rings (SSSR count). The van der Waals surface area contributed by atoms with E-state index >= 15 is 0 Å². The Bertz CT molecular complexity index is 537. The third-order valence-corrected chi connectivity index (χ3v) is 2.74. The first-order valence-electron chi connectivity index (χ1n) is 5.82. The minimum absolute atomic E-state index is 0.0699. The molecule has 2 aromatic carbocycles. The smallest absolute Gasteiger partial charge is 0.127 e. The lowest BCUT2D eigenvalue weighted by molar-refractivity contribution is 0.215. The minimum atomic E-state index is 0.0699. The Morgan fingerprint density at radius 1 is 1.18 bits per heavy atom. The van der Waals surface area contributed by atoms with Gasteiger partial charge in [-0.2, -0.15) is 5.26 Å². The van der Waals surface area contributed by atoms with Crippen molar-refractivity contribution in [3.8, 4) is 11.8 Å². The van der Waals surface area contributed by atoms with E-state index in [0.29, 0.717) is 6.42 Å². The average molecular weight is 225 g/mol. The highest BCUT2D eigenvalue weighted by Gasteiger charge is 2.06. The standard InChI is InChI=1S/C15H15NO/c1-12(6-5-11-16)17-15-10-4-8-13-7-2-3-9-14(13)15/h2-4,7-10,12H,5-6H2,1H3. The predicted molar refractivity (Wildman–Crippen MR) is 68.9 cm³/mol. The molecule has 0 saturated heterocycles. The number of nitrogens with zero attached hydrogens (tertiary/aromatic N) is 1. The molecule has 2 nitrogen and oxygen atoms in total. The van der Waals surface area contributed by atoms with Crippen LogP contribution in [0.25, 0.3) is 10.8 Å². The zero-order chi connectivity index (χ0) is 12.1. The summed E-state index contributed by atoms with van der Waals surface area (Å²) in [5.41, 5.74) is 0. The molecular formula is C15H15NO. The van der Waals surface area contributed by atoms with E-state index in [9.17, 15) is 0 Å². The summed E-state index contributed by atoms with van der Waals surface area (Å²) in [5, 5.41) is 10.8. The van der Waals surface area contributed by atoms with Gasteiger partial charge in [0.25, 0.3) is 0 Å². The van der Waals surface area contributed by atoms with E-state index in [1.807, 2.05) is 31.2 Å². The number of ether oxygens (including phenoxy) is 1. The molecule has 0 aliphatic heterocycles. The van der Waals surface area contributed by atoms with Crippen LogP contribution in [-0.2, 0) is 0 Å². The van der Waals surface area contributed by atoms with Gasteiger partial charge in [-0.25, -0.2) is 0 Å². The molecule has 0 heterocycles. The van der Waals surface area contributed by atoms with Crippen LogP contribution in [0.2, 0.25) is 0 Å². The molecule has 1 atom stereocenters. The molecule has 2 aromatic rings. The molecule has 0 saturated carbocycles. The third-order valence-electron chi connectivity index (χ3n) is 2.74.